The summed E-state index contributed by atoms with van der Waals surface area (Å²) in [5, 5.41) is 12.3. The van der Waals surface area contributed by atoms with Crippen LogP contribution in [0.4, 0.5) is 4.39 Å². The lowest BCUT2D eigenvalue weighted by molar-refractivity contribution is 0.568. The van der Waals surface area contributed by atoms with E-state index in [1.807, 2.05) is 19.1 Å². The fraction of sp³-hybridized carbons (Fsp3) is 0.200. The summed E-state index contributed by atoms with van der Waals surface area (Å²) in [5.74, 6) is -0.327. The number of benzene rings is 1. The van der Waals surface area contributed by atoms with Crippen LogP contribution in [-0.2, 0) is 6.54 Å². The first-order valence-electron chi connectivity index (χ1n) is 6.02. The van der Waals surface area contributed by atoms with Gasteiger partial charge >= 0.3 is 0 Å². The van der Waals surface area contributed by atoms with Gasteiger partial charge in [0.15, 0.2) is 0 Å². The van der Waals surface area contributed by atoms with Crippen LogP contribution in [0.15, 0.2) is 42.7 Å². The summed E-state index contributed by atoms with van der Waals surface area (Å²) in [5.41, 5.74) is 2.27. The molecule has 2 aromatic rings. The van der Waals surface area contributed by atoms with Crippen LogP contribution in [-0.4, -0.2) is 4.98 Å². The molecule has 0 amide bonds. The lowest BCUT2D eigenvalue weighted by atomic mass is 10.1. The zero-order valence-corrected chi connectivity index (χ0v) is 10.6. The summed E-state index contributed by atoms with van der Waals surface area (Å²) in [6.45, 7) is 2.46. The van der Waals surface area contributed by atoms with Crippen molar-refractivity contribution in [3.05, 3.63) is 65.2 Å². The Kier molecular flexibility index (Phi) is 4.22. The third kappa shape index (κ3) is 3.36. The van der Waals surface area contributed by atoms with Crippen molar-refractivity contribution >= 4 is 0 Å². The van der Waals surface area contributed by atoms with E-state index in [9.17, 15) is 4.39 Å². The number of aromatic nitrogens is 1. The van der Waals surface area contributed by atoms with Crippen molar-refractivity contribution in [2.45, 2.75) is 19.5 Å². The van der Waals surface area contributed by atoms with Gasteiger partial charge in [-0.3, -0.25) is 4.98 Å². The van der Waals surface area contributed by atoms with Gasteiger partial charge in [-0.2, -0.15) is 5.26 Å². The maximum atomic E-state index is 13.2. The molecule has 3 nitrogen and oxygen atoms in total. The Labute approximate surface area is 111 Å². The van der Waals surface area contributed by atoms with Gasteiger partial charge in [0.25, 0.3) is 0 Å². The number of nitrogens with zero attached hydrogens (tertiary/aromatic N) is 2. The average Bonchev–Trinajstić information content (AvgIpc) is 2.46. The molecule has 0 aliphatic rings. The van der Waals surface area contributed by atoms with E-state index in [1.165, 1.54) is 18.2 Å². The molecule has 1 N–H and O–H groups in total. The molecular weight excluding hydrogens is 241 g/mol. The lowest BCUT2D eigenvalue weighted by Gasteiger charge is -2.14. The van der Waals surface area contributed by atoms with Crippen LogP contribution in [0, 0.1) is 17.1 Å². The predicted octanol–water partition coefficient (Wildman–Crippen LogP) is 2.94. The molecule has 0 spiro atoms. The molecule has 0 saturated heterocycles. The minimum Gasteiger partial charge on any atom is -0.306 e. The number of halogens is 1. The Morgan fingerprint density at radius 2 is 2.05 bits per heavy atom. The van der Waals surface area contributed by atoms with Crippen molar-refractivity contribution in [2.75, 3.05) is 0 Å². The predicted molar refractivity (Wildman–Crippen MR) is 70.6 cm³/mol. The third-order valence-corrected chi connectivity index (χ3v) is 2.99. The molecule has 0 bridgehead atoms. The van der Waals surface area contributed by atoms with Gasteiger partial charge in [-0.05, 0) is 48.4 Å². The van der Waals surface area contributed by atoms with Crippen molar-refractivity contribution in [3.63, 3.8) is 0 Å². The maximum Gasteiger partial charge on any atom is 0.123 e. The van der Waals surface area contributed by atoms with E-state index < -0.39 is 0 Å². The molecule has 1 heterocycles. The number of hydrogen-bond acceptors (Lipinski definition) is 3. The van der Waals surface area contributed by atoms with Crippen molar-refractivity contribution in [1.29, 1.82) is 5.26 Å². The summed E-state index contributed by atoms with van der Waals surface area (Å²) in [6.07, 6.45) is 3.47. The van der Waals surface area contributed by atoms with Crippen molar-refractivity contribution in [2.24, 2.45) is 0 Å². The minimum absolute atomic E-state index is 0.109. The number of hydrogen-bond donors (Lipinski definition) is 1. The highest BCUT2D eigenvalue weighted by Gasteiger charge is 2.07. The van der Waals surface area contributed by atoms with Crippen LogP contribution in [0.1, 0.15) is 29.7 Å². The highest BCUT2D eigenvalue weighted by Crippen LogP contribution is 2.14. The lowest BCUT2D eigenvalue weighted by Crippen LogP contribution is -2.18. The highest BCUT2D eigenvalue weighted by molar-refractivity contribution is 5.37. The van der Waals surface area contributed by atoms with Gasteiger partial charge in [0.1, 0.15) is 5.82 Å². The number of nitriles is 1. The summed E-state index contributed by atoms with van der Waals surface area (Å²) in [6, 6.07) is 10.2. The molecule has 0 aliphatic carbocycles. The van der Waals surface area contributed by atoms with E-state index in [0.717, 1.165) is 5.56 Å². The first-order valence-corrected chi connectivity index (χ1v) is 6.02. The summed E-state index contributed by atoms with van der Waals surface area (Å²) < 4.78 is 13.2. The van der Waals surface area contributed by atoms with Gasteiger partial charge in [-0.15, -0.1) is 0 Å². The molecule has 4 heteroatoms. The van der Waals surface area contributed by atoms with Crippen LogP contribution in [0.3, 0.4) is 0 Å². The van der Waals surface area contributed by atoms with E-state index in [0.29, 0.717) is 17.7 Å². The molecule has 0 saturated carbocycles. The third-order valence-electron chi connectivity index (χ3n) is 2.99. The Hall–Kier alpha value is -2.25. The smallest absolute Gasteiger partial charge is 0.123 e. The first-order chi connectivity index (χ1) is 9.20. The van der Waals surface area contributed by atoms with Crippen LogP contribution < -0.4 is 5.32 Å². The van der Waals surface area contributed by atoms with Crippen molar-refractivity contribution in [1.82, 2.24) is 10.3 Å². The van der Waals surface area contributed by atoms with Crippen LogP contribution >= 0.6 is 0 Å². The first kappa shape index (κ1) is 13.2. The summed E-state index contributed by atoms with van der Waals surface area (Å²) in [7, 11) is 0. The fourth-order valence-electron chi connectivity index (χ4n) is 1.85. The number of nitrogens with one attached hydrogen (secondary N) is 1. The van der Waals surface area contributed by atoms with E-state index >= 15 is 0 Å². The van der Waals surface area contributed by atoms with Crippen LogP contribution in [0.2, 0.25) is 0 Å². The van der Waals surface area contributed by atoms with Crippen molar-refractivity contribution < 1.29 is 4.39 Å². The van der Waals surface area contributed by atoms with Gasteiger partial charge in [0, 0.05) is 25.0 Å². The molecule has 0 radical (unpaired) electrons. The summed E-state index contributed by atoms with van der Waals surface area (Å²) in [4.78, 5) is 3.96. The SMILES string of the molecule is C[C@H](NCc1cc(F)ccc1C#N)c1ccncc1. The van der Waals surface area contributed by atoms with Gasteiger partial charge in [0.2, 0.25) is 0 Å². The van der Waals surface area contributed by atoms with Crippen LogP contribution in [0.25, 0.3) is 0 Å². The Morgan fingerprint density at radius 1 is 1.32 bits per heavy atom. The van der Waals surface area contributed by atoms with Gasteiger partial charge in [0.05, 0.1) is 11.6 Å². The highest BCUT2D eigenvalue weighted by atomic mass is 19.1. The number of pyridine rings is 1. The topological polar surface area (TPSA) is 48.7 Å². The molecule has 1 atom stereocenters. The van der Waals surface area contributed by atoms with Gasteiger partial charge in [-0.25, -0.2) is 4.39 Å². The normalized spacial score (nSPS) is 11.8. The molecule has 1 aromatic carbocycles. The van der Waals surface area contributed by atoms with E-state index in [-0.39, 0.29) is 11.9 Å². The van der Waals surface area contributed by atoms with Crippen LogP contribution in [0.5, 0.6) is 0 Å². The second kappa shape index (κ2) is 6.07. The zero-order chi connectivity index (χ0) is 13.7. The monoisotopic (exact) mass is 255 g/mol. The van der Waals surface area contributed by atoms with Crippen molar-refractivity contribution in [3.8, 4) is 6.07 Å². The maximum absolute atomic E-state index is 13.2. The average molecular weight is 255 g/mol. The van der Waals surface area contributed by atoms with E-state index in [1.54, 1.807) is 12.4 Å². The molecule has 0 unspecified atom stereocenters. The van der Waals surface area contributed by atoms with E-state index in [2.05, 4.69) is 16.4 Å². The molecule has 0 fully saturated rings. The summed E-state index contributed by atoms with van der Waals surface area (Å²) >= 11 is 0. The molecule has 96 valence electrons. The standard InChI is InChI=1S/C15H14FN3/c1-11(12-4-6-18-7-5-12)19-10-14-8-15(16)3-2-13(14)9-17/h2-8,11,19H,10H2,1H3/t11-/m0/s1. The zero-order valence-electron chi connectivity index (χ0n) is 10.6. The molecule has 2 rings (SSSR count). The van der Waals surface area contributed by atoms with Gasteiger partial charge in [-0.1, -0.05) is 0 Å². The molecule has 19 heavy (non-hydrogen) atoms. The fourth-order valence-corrected chi connectivity index (χ4v) is 1.85. The quantitative estimate of drug-likeness (QED) is 0.913. The molecule has 1 aromatic heterocycles. The molecular formula is C15H14FN3. The largest absolute Gasteiger partial charge is 0.306 e. The second-order valence-corrected chi connectivity index (χ2v) is 4.30. The van der Waals surface area contributed by atoms with Gasteiger partial charge < -0.3 is 5.32 Å². The van der Waals surface area contributed by atoms with E-state index in [4.69, 9.17) is 5.26 Å². The Balaban J connectivity index is 2.07. The molecule has 0 aliphatic heterocycles. The Bertz CT molecular complexity index is 590. The second-order valence-electron chi connectivity index (χ2n) is 4.30. The Morgan fingerprint density at radius 3 is 2.74 bits per heavy atom. The minimum atomic E-state index is -0.327. The number of rotatable bonds is 4.